The number of thiazole rings is 1. The van der Waals surface area contributed by atoms with Gasteiger partial charge >= 0.3 is 0 Å². The highest BCUT2D eigenvalue weighted by atomic mass is 35.5. The molecule has 2 aromatic carbocycles. The van der Waals surface area contributed by atoms with Gasteiger partial charge in [0.15, 0.2) is 15.0 Å². The van der Waals surface area contributed by atoms with Crippen LogP contribution < -0.4 is 5.32 Å². The van der Waals surface area contributed by atoms with Gasteiger partial charge < -0.3 is 0 Å². The molecule has 0 radical (unpaired) electrons. The summed E-state index contributed by atoms with van der Waals surface area (Å²) in [6, 6.07) is 11.3. The van der Waals surface area contributed by atoms with E-state index in [1.165, 1.54) is 23.5 Å². The van der Waals surface area contributed by atoms with Crippen LogP contribution in [0.25, 0.3) is 0 Å². The maximum atomic E-state index is 12.5. The number of benzene rings is 2. The van der Waals surface area contributed by atoms with Crippen molar-refractivity contribution in [1.82, 2.24) is 4.98 Å². The molecule has 140 valence electrons. The predicted octanol–water partition coefficient (Wildman–Crippen LogP) is 4.70. The summed E-state index contributed by atoms with van der Waals surface area (Å²) in [5.74, 6) is -0.525. The van der Waals surface area contributed by atoms with Crippen LogP contribution in [0.3, 0.4) is 0 Å². The minimum absolute atomic E-state index is 0.0205. The number of rotatable bonds is 5. The molecule has 1 amide bonds. The Morgan fingerprint density at radius 2 is 1.81 bits per heavy atom. The summed E-state index contributed by atoms with van der Waals surface area (Å²) in [4.78, 5) is 17.6. The Bertz CT molecular complexity index is 1090. The van der Waals surface area contributed by atoms with E-state index in [1.54, 1.807) is 24.4 Å². The number of carbonyl (C=O) groups is 1. The molecular weight excluding hydrogens is 427 g/mol. The molecule has 0 saturated heterocycles. The van der Waals surface area contributed by atoms with Gasteiger partial charge in [0.2, 0.25) is 0 Å². The van der Waals surface area contributed by atoms with E-state index in [0.717, 1.165) is 16.7 Å². The molecule has 0 spiro atoms. The maximum absolute atomic E-state index is 12.5. The fourth-order valence-corrected chi connectivity index (χ4v) is 4.80. The van der Waals surface area contributed by atoms with Crippen molar-refractivity contribution < 1.29 is 13.2 Å². The van der Waals surface area contributed by atoms with Crippen molar-refractivity contribution in [2.24, 2.45) is 0 Å². The molecule has 0 atom stereocenters. The Hall–Kier alpha value is -1.93. The number of nitrogens with zero attached hydrogens (tertiary/aromatic N) is 1. The van der Waals surface area contributed by atoms with Crippen molar-refractivity contribution in [3.63, 3.8) is 0 Å². The SMILES string of the molecule is CS(=O)(=O)c1ccccc1C(=O)Nc1ncc(Cc2cc(Cl)cc(Cl)c2)s1. The summed E-state index contributed by atoms with van der Waals surface area (Å²) in [5.41, 5.74) is 1.01. The third kappa shape index (κ3) is 5.07. The highest BCUT2D eigenvalue weighted by molar-refractivity contribution is 7.90. The van der Waals surface area contributed by atoms with E-state index in [9.17, 15) is 13.2 Å². The van der Waals surface area contributed by atoms with Crippen molar-refractivity contribution in [1.29, 1.82) is 0 Å². The lowest BCUT2D eigenvalue weighted by atomic mass is 10.1. The van der Waals surface area contributed by atoms with Gasteiger partial charge in [-0.05, 0) is 35.9 Å². The molecule has 0 aliphatic carbocycles. The summed E-state index contributed by atoms with van der Waals surface area (Å²) < 4.78 is 23.7. The number of hydrogen-bond donors (Lipinski definition) is 1. The number of aromatic nitrogens is 1. The molecule has 3 rings (SSSR count). The van der Waals surface area contributed by atoms with Crippen molar-refractivity contribution in [3.8, 4) is 0 Å². The van der Waals surface area contributed by atoms with Crippen LogP contribution in [0.4, 0.5) is 5.13 Å². The molecule has 1 aromatic heterocycles. The van der Waals surface area contributed by atoms with E-state index >= 15 is 0 Å². The fourth-order valence-electron chi connectivity index (χ4n) is 2.50. The van der Waals surface area contributed by atoms with E-state index < -0.39 is 15.7 Å². The topological polar surface area (TPSA) is 76.1 Å². The monoisotopic (exact) mass is 440 g/mol. The summed E-state index contributed by atoms with van der Waals surface area (Å²) in [6.45, 7) is 0. The van der Waals surface area contributed by atoms with Crippen LogP contribution in [0, 0.1) is 0 Å². The molecule has 0 aliphatic heterocycles. The highest BCUT2D eigenvalue weighted by Gasteiger charge is 2.19. The number of anilines is 1. The second-order valence-corrected chi connectivity index (χ2v) is 9.78. The summed E-state index contributed by atoms with van der Waals surface area (Å²) in [5, 5.41) is 4.13. The van der Waals surface area contributed by atoms with Crippen LogP contribution in [0.5, 0.6) is 0 Å². The minimum Gasteiger partial charge on any atom is -0.298 e. The van der Waals surface area contributed by atoms with Crippen LogP contribution in [-0.4, -0.2) is 25.6 Å². The van der Waals surface area contributed by atoms with Gasteiger partial charge in [-0.3, -0.25) is 10.1 Å². The van der Waals surface area contributed by atoms with Gasteiger partial charge in [-0.25, -0.2) is 13.4 Å². The molecule has 1 heterocycles. The Labute approximate surface area is 170 Å². The maximum Gasteiger partial charge on any atom is 0.258 e. The van der Waals surface area contributed by atoms with Crippen molar-refractivity contribution in [3.05, 3.63) is 74.7 Å². The molecule has 0 unspecified atom stereocenters. The summed E-state index contributed by atoms with van der Waals surface area (Å²) in [7, 11) is -3.52. The number of halogens is 2. The summed E-state index contributed by atoms with van der Waals surface area (Å²) in [6.07, 6.45) is 3.28. The van der Waals surface area contributed by atoms with Gasteiger partial charge in [-0.2, -0.15) is 0 Å². The second-order valence-electron chi connectivity index (χ2n) is 5.81. The number of carbonyl (C=O) groups excluding carboxylic acids is 1. The first-order valence-corrected chi connectivity index (χ1v) is 11.2. The van der Waals surface area contributed by atoms with E-state index in [1.807, 2.05) is 12.1 Å². The molecule has 1 N–H and O–H groups in total. The van der Waals surface area contributed by atoms with Crippen LogP contribution >= 0.6 is 34.5 Å². The zero-order valence-electron chi connectivity index (χ0n) is 14.1. The lowest BCUT2D eigenvalue weighted by Crippen LogP contribution is -2.15. The third-order valence-corrected chi connectivity index (χ3v) is 6.11. The van der Waals surface area contributed by atoms with E-state index in [0.29, 0.717) is 21.6 Å². The van der Waals surface area contributed by atoms with Crippen molar-refractivity contribution in [2.45, 2.75) is 11.3 Å². The first kappa shape index (κ1) is 19.8. The second kappa shape index (κ2) is 7.98. The van der Waals surface area contributed by atoms with Gasteiger partial charge in [-0.15, -0.1) is 11.3 Å². The highest BCUT2D eigenvalue weighted by Crippen LogP contribution is 2.26. The van der Waals surface area contributed by atoms with Gasteiger partial charge in [0.1, 0.15) is 0 Å². The van der Waals surface area contributed by atoms with Crippen LogP contribution in [-0.2, 0) is 16.3 Å². The number of nitrogens with one attached hydrogen (secondary N) is 1. The largest absolute Gasteiger partial charge is 0.298 e. The van der Waals surface area contributed by atoms with Gasteiger partial charge in [0.25, 0.3) is 5.91 Å². The standard InChI is InChI=1S/C18H14Cl2N2O3S2/c1-27(24,25)16-5-3-2-4-15(16)17(23)22-18-21-10-14(26-18)8-11-6-12(19)9-13(20)7-11/h2-7,9-10H,8H2,1H3,(H,21,22,23). The lowest BCUT2D eigenvalue weighted by Gasteiger charge is -2.07. The first-order chi connectivity index (χ1) is 12.7. The van der Waals surface area contributed by atoms with E-state index in [2.05, 4.69) is 10.3 Å². The van der Waals surface area contributed by atoms with E-state index in [4.69, 9.17) is 23.2 Å². The minimum atomic E-state index is -3.52. The molecule has 0 fully saturated rings. The summed E-state index contributed by atoms with van der Waals surface area (Å²) >= 11 is 13.3. The van der Waals surface area contributed by atoms with Crippen LogP contribution in [0.15, 0.2) is 53.6 Å². The Morgan fingerprint density at radius 1 is 1.15 bits per heavy atom. The van der Waals surface area contributed by atoms with Crippen LogP contribution in [0.1, 0.15) is 20.8 Å². The van der Waals surface area contributed by atoms with Gasteiger partial charge in [0.05, 0.1) is 10.5 Å². The molecule has 27 heavy (non-hydrogen) atoms. The zero-order valence-corrected chi connectivity index (χ0v) is 17.2. The average molecular weight is 441 g/mol. The molecule has 0 saturated carbocycles. The molecular formula is C18H14Cl2N2O3S2. The zero-order chi connectivity index (χ0) is 19.6. The van der Waals surface area contributed by atoms with E-state index in [-0.39, 0.29) is 10.5 Å². The smallest absolute Gasteiger partial charge is 0.258 e. The van der Waals surface area contributed by atoms with Crippen molar-refractivity contribution in [2.75, 3.05) is 11.6 Å². The Morgan fingerprint density at radius 3 is 2.48 bits per heavy atom. The third-order valence-electron chi connectivity index (χ3n) is 3.61. The lowest BCUT2D eigenvalue weighted by molar-refractivity contribution is 0.102. The van der Waals surface area contributed by atoms with Crippen LogP contribution in [0.2, 0.25) is 10.0 Å². The van der Waals surface area contributed by atoms with Crippen molar-refractivity contribution >= 4 is 55.4 Å². The van der Waals surface area contributed by atoms with Gasteiger partial charge in [-0.1, -0.05) is 35.3 Å². The number of sulfone groups is 1. The molecule has 0 aliphatic rings. The molecule has 5 nitrogen and oxygen atoms in total. The fraction of sp³-hybridized carbons (Fsp3) is 0.111. The predicted molar refractivity (Wildman–Crippen MR) is 109 cm³/mol. The Balaban J connectivity index is 1.77. The average Bonchev–Trinajstić information content (AvgIpc) is 3.00. The number of amides is 1. The normalized spacial score (nSPS) is 11.4. The molecule has 9 heteroatoms. The Kier molecular flexibility index (Phi) is 5.86. The number of hydrogen-bond acceptors (Lipinski definition) is 5. The molecule has 3 aromatic rings. The molecule has 0 bridgehead atoms. The first-order valence-electron chi connectivity index (χ1n) is 7.72. The quantitative estimate of drug-likeness (QED) is 0.623. The van der Waals surface area contributed by atoms with Gasteiger partial charge in [0, 0.05) is 33.8 Å².